The first-order chi connectivity index (χ1) is 11.8. The van der Waals surface area contributed by atoms with Gasteiger partial charge in [-0.2, -0.15) is 0 Å². The highest BCUT2D eigenvalue weighted by molar-refractivity contribution is 7.91. The first-order valence-corrected chi connectivity index (χ1v) is 10.8. The van der Waals surface area contributed by atoms with Gasteiger partial charge < -0.3 is 15.5 Å². The lowest BCUT2D eigenvalue weighted by Gasteiger charge is -2.39. The number of hydrogen-bond acceptors (Lipinski definition) is 5. The molecule has 6 nitrogen and oxygen atoms in total. The van der Waals surface area contributed by atoms with Gasteiger partial charge >= 0.3 is 0 Å². The van der Waals surface area contributed by atoms with Gasteiger partial charge in [-0.15, -0.1) is 12.4 Å². The van der Waals surface area contributed by atoms with Crippen molar-refractivity contribution in [2.45, 2.75) is 45.2 Å². The molecule has 0 bridgehead atoms. The third kappa shape index (κ3) is 3.93. The fourth-order valence-electron chi connectivity index (χ4n) is 4.07. The molecular weight excluding hydrogens is 374 g/mol. The summed E-state index contributed by atoms with van der Waals surface area (Å²) >= 11 is 0. The zero-order valence-electron chi connectivity index (χ0n) is 15.3. The predicted octanol–water partition coefficient (Wildman–Crippen LogP) is 1.87. The molecule has 2 unspecified atom stereocenters. The molecule has 2 atom stereocenters. The van der Waals surface area contributed by atoms with Gasteiger partial charge in [-0.3, -0.25) is 4.79 Å². The van der Waals surface area contributed by atoms with Crippen molar-refractivity contribution in [1.82, 2.24) is 4.90 Å². The summed E-state index contributed by atoms with van der Waals surface area (Å²) in [7, 11) is -3.01. The number of rotatable bonds is 4. The number of anilines is 2. The molecule has 1 amide bonds. The molecule has 8 heteroatoms. The van der Waals surface area contributed by atoms with Gasteiger partial charge in [0.15, 0.2) is 9.84 Å². The van der Waals surface area contributed by atoms with Crippen molar-refractivity contribution in [3.05, 3.63) is 23.8 Å². The number of carbonyl (C=O) groups is 1. The SMILES string of the molecule is CCN(C(=O)C(C)N1CCCc2c(N)cccc21)C1CCS(=O)(=O)C1.Cl. The number of carbonyl (C=O) groups excluding carboxylic acids is 1. The first kappa shape index (κ1) is 20.8. The third-order valence-corrected chi connectivity index (χ3v) is 7.17. The maximum absolute atomic E-state index is 13.1. The summed E-state index contributed by atoms with van der Waals surface area (Å²) < 4.78 is 23.6. The molecule has 0 radical (unpaired) electrons. The van der Waals surface area contributed by atoms with Crippen LogP contribution in [0.2, 0.25) is 0 Å². The van der Waals surface area contributed by atoms with Gasteiger partial charge in [-0.05, 0) is 50.8 Å². The minimum Gasteiger partial charge on any atom is -0.398 e. The largest absolute Gasteiger partial charge is 0.398 e. The van der Waals surface area contributed by atoms with E-state index in [-0.39, 0.29) is 41.9 Å². The lowest BCUT2D eigenvalue weighted by molar-refractivity contribution is -0.133. The Kier molecular flexibility index (Phi) is 6.45. The standard InChI is InChI=1S/C18H27N3O3S.ClH/c1-3-20(14-9-11-25(23,24)12-14)18(22)13(2)21-10-5-6-15-16(19)7-4-8-17(15)21;/h4,7-8,13-14H,3,5-6,9-12,19H2,1-2H3;1H. The van der Waals surface area contributed by atoms with Gasteiger partial charge in [0.25, 0.3) is 0 Å². The Morgan fingerprint density at radius 3 is 2.77 bits per heavy atom. The van der Waals surface area contributed by atoms with Crippen LogP contribution in [0, 0.1) is 0 Å². The number of amides is 1. The lowest BCUT2D eigenvalue weighted by atomic mass is 9.98. The number of nitrogen functional groups attached to an aromatic ring is 1. The van der Waals surface area contributed by atoms with Gasteiger partial charge in [0.1, 0.15) is 6.04 Å². The predicted molar refractivity (Wildman–Crippen MR) is 108 cm³/mol. The molecule has 146 valence electrons. The molecule has 1 aromatic carbocycles. The number of sulfone groups is 1. The maximum atomic E-state index is 13.1. The van der Waals surface area contributed by atoms with Gasteiger partial charge in [0, 0.05) is 30.5 Å². The Labute approximate surface area is 162 Å². The molecule has 2 aliphatic heterocycles. The van der Waals surface area contributed by atoms with Crippen molar-refractivity contribution in [3.8, 4) is 0 Å². The molecule has 0 saturated carbocycles. The highest BCUT2D eigenvalue weighted by Gasteiger charge is 2.37. The first-order valence-electron chi connectivity index (χ1n) is 8.99. The molecule has 2 aliphatic rings. The number of halogens is 1. The third-order valence-electron chi connectivity index (χ3n) is 5.42. The summed E-state index contributed by atoms with van der Waals surface area (Å²) in [5.41, 5.74) is 9.02. The van der Waals surface area contributed by atoms with E-state index >= 15 is 0 Å². The van der Waals surface area contributed by atoms with Crippen molar-refractivity contribution in [2.24, 2.45) is 0 Å². The zero-order valence-corrected chi connectivity index (χ0v) is 17.0. The van der Waals surface area contributed by atoms with Gasteiger partial charge in [-0.1, -0.05) is 6.07 Å². The molecule has 0 spiro atoms. The molecule has 1 saturated heterocycles. The Morgan fingerprint density at radius 2 is 2.15 bits per heavy atom. The van der Waals surface area contributed by atoms with Crippen molar-refractivity contribution < 1.29 is 13.2 Å². The van der Waals surface area contributed by atoms with Crippen molar-refractivity contribution in [2.75, 3.05) is 35.2 Å². The second kappa shape index (κ2) is 8.05. The normalized spacial score (nSPS) is 22.2. The Balaban J connectivity index is 0.00000243. The quantitative estimate of drug-likeness (QED) is 0.778. The van der Waals surface area contributed by atoms with E-state index in [1.54, 1.807) is 4.90 Å². The van der Waals surface area contributed by atoms with Crippen molar-refractivity contribution >= 4 is 39.5 Å². The van der Waals surface area contributed by atoms with Crippen LogP contribution in [0.25, 0.3) is 0 Å². The number of likely N-dealkylation sites (N-methyl/N-ethyl adjacent to an activating group) is 1. The lowest BCUT2D eigenvalue weighted by Crippen LogP contribution is -2.52. The van der Waals surface area contributed by atoms with E-state index in [2.05, 4.69) is 4.90 Å². The summed E-state index contributed by atoms with van der Waals surface area (Å²) in [4.78, 5) is 17.0. The summed E-state index contributed by atoms with van der Waals surface area (Å²) in [6.45, 7) is 5.16. The maximum Gasteiger partial charge on any atom is 0.245 e. The highest BCUT2D eigenvalue weighted by Crippen LogP contribution is 2.33. The number of fused-ring (bicyclic) bond motifs is 1. The molecule has 1 aromatic rings. The van der Waals surface area contributed by atoms with Crippen LogP contribution in [0.5, 0.6) is 0 Å². The summed E-state index contributed by atoms with van der Waals surface area (Å²) in [6, 6.07) is 5.31. The number of benzene rings is 1. The molecule has 1 fully saturated rings. The second-order valence-electron chi connectivity index (χ2n) is 7.00. The second-order valence-corrected chi connectivity index (χ2v) is 9.23. The van der Waals surface area contributed by atoms with Crippen LogP contribution >= 0.6 is 12.4 Å². The van der Waals surface area contributed by atoms with Crippen LogP contribution in [0.3, 0.4) is 0 Å². The fraction of sp³-hybridized carbons (Fsp3) is 0.611. The molecule has 0 aromatic heterocycles. The van der Waals surface area contributed by atoms with Crippen molar-refractivity contribution in [3.63, 3.8) is 0 Å². The molecular formula is C18H28ClN3O3S. The Bertz CT molecular complexity index is 769. The Hall–Kier alpha value is -1.47. The van der Waals surface area contributed by atoms with Crippen LogP contribution in [0.1, 0.15) is 32.3 Å². The average Bonchev–Trinajstić information content (AvgIpc) is 2.94. The summed E-state index contributed by atoms with van der Waals surface area (Å²) in [5, 5.41) is 0. The van der Waals surface area contributed by atoms with Crippen molar-refractivity contribution in [1.29, 1.82) is 0 Å². The summed E-state index contributed by atoms with van der Waals surface area (Å²) in [6.07, 6.45) is 2.43. The fourth-order valence-corrected chi connectivity index (χ4v) is 5.80. The minimum atomic E-state index is -3.01. The number of nitrogens with two attached hydrogens (primary N) is 1. The molecule has 2 heterocycles. The van der Waals surface area contributed by atoms with E-state index in [4.69, 9.17) is 5.73 Å². The van der Waals surface area contributed by atoms with Crippen LogP contribution in [0.4, 0.5) is 11.4 Å². The molecule has 0 aliphatic carbocycles. The minimum absolute atomic E-state index is 0. The van der Waals surface area contributed by atoms with E-state index in [1.807, 2.05) is 32.0 Å². The van der Waals surface area contributed by atoms with Gasteiger partial charge in [0.05, 0.1) is 11.5 Å². The van der Waals surface area contributed by atoms with Crippen LogP contribution in [-0.2, 0) is 21.1 Å². The van der Waals surface area contributed by atoms with E-state index in [0.717, 1.165) is 36.3 Å². The van der Waals surface area contributed by atoms with Crippen LogP contribution < -0.4 is 10.6 Å². The molecule has 26 heavy (non-hydrogen) atoms. The summed E-state index contributed by atoms with van der Waals surface area (Å²) in [5.74, 6) is 0.266. The molecule has 3 rings (SSSR count). The smallest absolute Gasteiger partial charge is 0.245 e. The molecule has 2 N–H and O–H groups in total. The highest BCUT2D eigenvalue weighted by atomic mass is 35.5. The average molecular weight is 402 g/mol. The van der Waals surface area contributed by atoms with Crippen LogP contribution in [0.15, 0.2) is 18.2 Å². The monoisotopic (exact) mass is 401 g/mol. The van der Waals surface area contributed by atoms with Gasteiger partial charge in [0.2, 0.25) is 5.91 Å². The van der Waals surface area contributed by atoms with E-state index < -0.39 is 9.84 Å². The Morgan fingerprint density at radius 1 is 1.42 bits per heavy atom. The van der Waals surface area contributed by atoms with E-state index in [1.165, 1.54) is 0 Å². The number of hydrogen-bond donors (Lipinski definition) is 1. The van der Waals surface area contributed by atoms with E-state index in [9.17, 15) is 13.2 Å². The topological polar surface area (TPSA) is 83.7 Å². The zero-order chi connectivity index (χ0) is 18.2. The van der Waals surface area contributed by atoms with Gasteiger partial charge in [-0.25, -0.2) is 8.42 Å². The van der Waals surface area contributed by atoms with E-state index in [0.29, 0.717) is 13.0 Å². The van der Waals surface area contributed by atoms with Crippen LogP contribution in [-0.4, -0.2) is 55.9 Å². The number of nitrogens with zero attached hydrogens (tertiary/aromatic N) is 2.